The van der Waals surface area contributed by atoms with Crippen LogP contribution in [0.15, 0.2) is 48.5 Å². The molecule has 0 fully saturated rings. The summed E-state index contributed by atoms with van der Waals surface area (Å²) in [4.78, 5) is 0. The second kappa shape index (κ2) is 8.07. The first-order chi connectivity index (χ1) is 10.2. The van der Waals surface area contributed by atoms with Crippen molar-refractivity contribution in [3.05, 3.63) is 70.8 Å². The van der Waals surface area contributed by atoms with Crippen LogP contribution in [-0.2, 0) is 19.1 Å². The van der Waals surface area contributed by atoms with Gasteiger partial charge >= 0.3 is 0 Å². The summed E-state index contributed by atoms with van der Waals surface area (Å²) in [6.07, 6.45) is 6.12. The molecule has 0 N–H and O–H groups in total. The van der Waals surface area contributed by atoms with Crippen molar-refractivity contribution in [2.24, 2.45) is 0 Å². The number of unbranched alkanes of at least 4 members (excludes halogenated alkanes) is 1. The Morgan fingerprint density at radius 3 is 1.76 bits per heavy atom. The fraction of sp³-hybridized carbons (Fsp3) is 0.400. The summed E-state index contributed by atoms with van der Waals surface area (Å²) in [5.74, 6) is 0. The molecular formula is C20H27B. The predicted octanol–water partition coefficient (Wildman–Crippen LogP) is 5.33. The molecule has 0 bridgehead atoms. The largest absolute Gasteiger partial charge is 0.146 e. The second-order valence-corrected chi connectivity index (χ2v) is 6.42. The lowest BCUT2D eigenvalue weighted by Crippen LogP contribution is -2.16. The quantitative estimate of drug-likeness (QED) is 0.601. The first-order valence-electron chi connectivity index (χ1n) is 8.30. The molecule has 2 aromatic rings. The van der Waals surface area contributed by atoms with E-state index in [1.807, 2.05) is 0 Å². The van der Waals surface area contributed by atoms with Crippen LogP contribution in [0.25, 0.3) is 0 Å². The van der Waals surface area contributed by atoms with E-state index in [-0.39, 0.29) is 0 Å². The van der Waals surface area contributed by atoms with Crippen LogP contribution in [0.2, 0.25) is 6.82 Å². The van der Waals surface area contributed by atoms with Gasteiger partial charge in [-0.3, -0.25) is 0 Å². The molecular weight excluding hydrogens is 251 g/mol. The Kier molecular flexibility index (Phi) is 6.11. The molecule has 0 amide bonds. The van der Waals surface area contributed by atoms with Gasteiger partial charge in [-0.15, -0.1) is 0 Å². The van der Waals surface area contributed by atoms with Gasteiger partial charge in [0.15, 0.2) is 0 Å². The second-order valence-electron chi connectivity index (χ2n) is 6.42. The SMILES string of the molecule is CCCCc1ccc(CB(C)Cc2ccc(C)cc2)cc1. The van der Waals surface area contributed by atoms with E-state index < -0.39 is 0 Å². The van der Waals surface area contributed by atoms with E-state index in [9.17, 15) is 0 Å². The van der Waals surface area contributed by atoms with Gasteiger partial charge in [0.05, 0.1) is 0 Å². The molecule has 0 nitrogen and oxygen atoms in total. The summed E-state index contributed by atoms with van der Waals surface area (Å²) in [7, 11) is 0. The maximum absolute atomic E-state index is 2.35. The van der Waals surface area contributed by atoms with Gasteiger partial charge in [-0.1, -0.05) is 85.4 Å². The Labute approximate surface area is 130 Å². The molecule has 0 aliphatic rings. The molecule has 110 valence electrons. The molecule has 0 aliphatic carbocycles. The topological polar surface area (TPSA) is 0 Å². The third-order valence-electron chi connectivity index (χ3n) is 4.13. The van der Waals surface area contributed by atoms with E-state index in [1.165, 1.54) is 47.8 Å². The molecule has 0 atom stereocenters. The molecule has 1 heteroatoms. The number of hydrogen-bond acceptors (Lipinski definition) is 0. The zero-order valence-electron chi connectivity index (χ0n) is 13.7. The summed E-state index contributed by atoms with van der Waals surface area (Å²) in [5.41, 5.74) is 5.74. The van der Waals surface area contributed by atoms with E-state index in [2.05, 4.69) is 69.2 Å². The molecule has 0 radical (unpaired) electrons. The van der Waals surface area contributed by atoms with Crippen LogP contribution in [0, 0.1) is 6.92 Å². The van der Waals surface area contributed by atoms with Gasteiger partial charge < -0.3 is 0 Å². The van der Waals surface area contributed by atoms with Gasteiger partial charge in [0.25, 0.3) is 0 Å². The van der Waals surface area contributed by atoms with Gasteiger partial charge in [-0.25, -0.2) is 0 Å². The third kappa shape index (κ3) is 5.42. The van der Waals surface area contributed by atoms with Crippen LogP contribution in [-0.4, -0.2) is 6.71 Å². The van der Waals surface area contributed by atoms with E-state index in [0.717, 1.165) is 6.32 Å². The normalized spacial score (nSPS) is 10.6. The summed E-state index contributed by atoms with van der Waals surface area (Å²) >= 11 is 0. The number of hydrogen-bond donors (Lipinski definition) is 0. The van der Waals surface area contributed by atoms with Crippen molar-refractivity contribution in [3.8, 4) is 0 Å². The van der Waals surface area contributed by atoms with Crippen molar-refractivity contribution in [2.45, 2.75) is 52.6 Å². The smallest absolute Gasteiger partial charge is 0.0855 e. The van der Waals surface area contributed by atoms with Crippen molar-refractivity contribution in [1.29, 1.82) is 0 Å². The average Bonchev–Trinajstić information content (AvgIpc) is 2.49. The zero-order chi connectivity index (χ0) is 15.1. The molecule has 21 heavy (non-hydrogen) atoms. The Hall–Kier alpha value is -1.50. The van der Waals surface area contributed by atoms with Gasteiger partial charge in [-0.2, -0.15) is 0 Å². The maximum Gasteiger partial charge on any atom is 0.146 e. The van der Waals surface area contributed by atoms with Gasteiger partial charge in [-0.05, 0) is 38.0 Å². The summed E-state index contributed by atoms with van der Waals surface area (Å²) in [6, 6.07) is 18.2. The average molecular weight is 278 g/mol. The number of aryl methyl sites for hydroxylation is 2. The molecule has 2 aromatic carbocycles. The minimum absolute atomic E-state index is 0.689. The van der Waals surface area contributed by atoms with E-state index in [1.54, 1.807) is 0 Å². The van der Waals surface area contributed by atoms with Gasteiger partial charge in [0.1, 0.15) is 6.71 Å². The zero-order valence-corrected chi connectivity index (χ0v) is 13.7. The molecule has 0 saturated carbocycles. The molecule has 2 rings (SSSR count). The van der Waals surface area contributed by atoms with Crippen molar-refractivity contribution >= 4 is 6.71 Å². The lowest BCUT2D eigenvalue weighted by atomic mass is 9.45. The van der Waals surface area contributed by atoms with Crippen LogP contribution >= 0.6 is 0 Å². The molecule has 0 heterocycles. The Morgan fingerprint density at radius 2 is 1.24 bits per heavy atom. The highest BCUT2D eigenvalue weighted by Crippen LogP contribution is 2.12. The lowest BCUT2D eigenvalue weighted by molar-refractivity contribution is 0.795. The van der Waals surface area contributed by atoms with E-state index in [0.29, 0.717) is 6.71 Å². The minimum atomic E-state index is 0.689. The van der Waals surface area contributed by atoms with Crippen molar-refractivity contribution in [1.82, 2.24) is 0 Å². The first kappa shape index (κ1) is 15.9. The summed E-state index contributed by atoms with van der Waals surface area (Å²) < 4.78 is 0. The van der Waals surface area contributed by atoms with Crippen LogP contribution < -0.4 is 0 Å². The minimum Gasteiger partial charge on any atom is -0.0855 e. The van der Waals surface area contributed by atoms with Crippen LogP contribution in [0.4, 0.5) is 0 Å². The maximum atomic E-state index is 2.35. The van der Waals surface area contributed by atoms with E-state index >= 15 is 0 Å². The fourth-order valence-electron chi connectivity index (χ4n) is 2.82. The Balaban J connectivity index is 1.87. The highest BCUT2D eigenvalue weighted by molar-refractivity contribution is 6.56. The monoisotopic (exact) mass is 278 g/mol. The Morgan fingerprint density at radius 1 is 0.762 bits per heavy atom. The lowest BCUT2D eigenvalue weighted by Gasteiger charge is -2.10. The highest BCUT2D eigenvalue weighted by Gasteiger charge is 2.09. The standard InChI is InChI=1S/C20H27B/c1-4-5-6-18-11-13-20(14-12-18)16-21(3)15-19-9-7-17(2)8-10-19/h7-14H,4-6,15-16H2,1-3H3. The first-order valence-corrected chi connectivity index (χ1v) is 8.30. The van der Waals surface area contributed by atoms with Crippen LogP contribution in [0.5, 0.6) is 0 Å². The van der Waals surface area contributed by atoms with Crippen molar-refractivity contribution < 1.29 is 0 Å². The predicted molar refractivity (Wildman–Crippen MR) is 95.3 cm³/mol. The summed E-state index contributed by atoms with van der Waals surface area (Å²) in [5, 5.41) is 0. The van der Waals surface area contributed by atoms with Gasteiger partial charge in [0, 0.05) is 0 Å². The molecule has 0 saturated heterocycles. The summed E-state index contributed by atoms with van der Waals surface area (Å²) in [6.45, 7) is 7.44. The third-order valence-corrected chi connectivity index (χ3v) is 4.13. The van der Waals surface area contributed by atoms with Crippen LogP contribution in [0.3, 0.4) is 0 Å². The van der Waals surface area contributed by atoms with Crippen molar-refractivity contribution in [2.75, 3.05) is 0 Å². The fourth-order valence-corrected chi connectivity index (χ4v) is 2.82. The van der Waals surface area contributed by atoms with Gasteiger partial charge in [0.2, 0.25) is 0 Å². The Bertz CT molecular complexity index is 525. The highest BCUT2D eigenvalue weighted by atomic mass is 14.0. The number of benzene rings is 2. The molecule has 0 aromatic heterocycles. The molecule has 0 aliphatic heterocycles. The van der Waals surface area contributed by atoms with E-state index in [4.69, 9.17) is 0 Å². The van der Waals surface area contributed by atoms with Crippen molar-refractivity contribution in [3.63, 3.8) is 0 Å². The molecule has 0 unspecified atom stereocenters. The van der Waals surface area contributed by atoms with Crippen LogP contribution in [0.1, 0.15) is 42.0 Å². The number of rotatable bonds is 7. The molecule has 0 spiro atoms.